The number of aliphatic imine (C=N–C) groups is 1. The maximum absolute atomic E-state index is 12.7. The fourth-order valence-electron chi connectivity index (χ4n) is 1.55. The van der Waals surface area contributed by atoms with Crippen molar-refractivity contribution in [2.45, 2.75) is 26.1 Å². The summed E-state index contributed by atoms with van der Waals surface area (Å²) in [4.78, 5) is 3.93. The van der Waals surface area contributed by atoms with Gasteiger partial charge in [0.25, 0.3) is 0 Å². The van der Waals surface area contributed by atoms with E-state index in [0.29, 0.717) is 12.5 Å². The molecule has 0 bridgehead atoms. The first-order valence-corrected chi connectivity index (χ1v) is 5.92. The number of rotatable bonds is 4. The molecule has 0 spiro atoms. The van der Waals surface area contributed by atoms with Crippen LogP contribution in [0.15, 0.2) is 11.2 Å². The minimum Gasteiger partial charge on any atom is -0.356 e. The quantitative estimate of drug-likeness (QED) is 0.459. The van der Waals surface area contributed by atoms with Crippen molar-refractivity contribution in [1.82, 2.24) is 20.4 Å². The average Bonchev–Trinajstić information content (AvgIpc) is 2.71. The lowest BCUT2D eigenvalue weighted by Gasteiger charge is -2.11. The van der Waals surface area contributed by atoms with Crippen LogP contribution in [0.25, 0.3) is 0 Å². The van der Waals surface area contributed by atoms with E-state index in [0.717, 1.165) is 11.1 Å². The standard InChI is InChI=1S/C11H18F3N5.HI/c1-4-5-16-10(15-2)17-6-8-7-19(3)18-9(8)11(12,13)14;/h7H,4-6H2,1-3H3,(H2,15,16,17);1H. The highest BCUT2D eigenvalue weighted by atomic mass is 127. The molecule has 1 aromatic heterocycles. The van der Waals surface area contributed by atoms with E-state index in [2.05, 4.69) is 20.7 Å². The number of hydrogen-bond acceptors (Lipinski definition) is 2. The molecule has 1 rings (SSSR count). The molecule has 0 amide bonds. The van der Waals surface area contributed by atoms with Crippen molar-refractivity contribution < 1.29 is 13.2 Å². The molecule has 0 aliphatic carbocycles. The second-order valence-corrected chi connectivity index (χ2v) is 4.03. The minimum atomic E-state index is -4.45. The van der Waals surface area contributed by atoms with Crippen molar-refractivity contribution in [3.05, 3.63) is 17.5 Å². The number of nitrogens with zero attached hydrogens (tertiary/aromatic N) is 3. The van der Waals surface area contributed by atoms with E-state index in [1.54, 1.807) is 7.05 Å². The van der Waals surface area contributed by atoms with Gasteiger partial charge in [-0.2, -0.15) is 18.3 Å². The van der Waals surface area contributed by atoms with Crippen molar-refractivity contribution in [3.63, 3.8) is 0 Å². The van der Waals surface area contributed by atoms with Gasteiger partial charge in [-0.05, 0) is 6.42 Å². The Morgan fingerprint density at radius 1 is 1.40 bits per heavy atom. The Balaban J connectivity index is 0.00000361. The average molecular weight is 405 g/mol. The predicted molar refractivity (Wildman–Crippen MR) is 82.1 cm³/mol. The zero-order valence-electron chi connectivity index (χ0n) is 11.6. The van der Waals surface area contributed by atoms with E-state index >= 15 is 0 Å². The molecule has 1 heterocycles. The maximum Gasteiger partial charge on any atom is 0.435 e. The molecule has 0 unspecified atom stereocenters. The number of guanidine groups is 1. The van der Waals surface area contributed by atoms with Gasteiger partial charge < -0.3 is 10.6 Å². The molecule has 0 aliphatic heterocycles. The molecule has 0 radical (unpaired) electrons. The van der Waals surface area contributed by atoms with Gasteiger partial charge in [-0.1, -0.05) is 6.92 Å². The highest BCUT2D eigenvalue weighted by Crippen LogP contribution is 2.30. The number of alkyl halides is 3. The van der Waals surface area contributed by atoms with E-state index < -0.39 is 11.9 Å². The van der Waals surface area contributed by atoms with Gasteiger partial charge in [0.1, 0.15) is 0 Å². The zero-order chi connectivity index (χ0) is 14.5. The van der Waals surface area contributed by atoms with Crippen LogP contribution in [0.4, 0.5) is 13.2 Å². The molecular formula is C11H19F3IN5. The lowest BCUT2D eigenvalue weighted by Crippen LogP contribution is -2.37. The Hall–Kier alpha value is -1.00. The maximum atomic E-state index is 12.7. The third kappa shape index (κ3) is 5.55. The summed E-state index contributed by atoms with van der Waals surface area (Å²) in [6, 6.07) is 0. The third-order valence-corrected chi connectivity index (χ3v) is 2.39. The first kappa shape index (κ1) is 19.0. The number of aryl methyl sites for hydroxylation is 1. The van der Waals surface area contributed by atoms with Gasteiger partial charge in [0.05, 0.1) is 0 Å². The Morgan fingerprint density at radius 2 is 2.05 bits per heavy atom. The molecule has 116 valence electrons. The van der Waals surface area contributed by atoms with E-state index in [1.165, 1.54) is 13.2 Å². The highest BCUT2D eigenvalue weighted by molar-refractivity contribution is 14.0. The molecule has 0 aromatic carbocycles. The molecule has 20 heavy (non-hydrogen) atoms. The summed E-state index contributed by atoms with van der Waals surface area (Å²) < 4.78 is 39.3. The number of aromatic nitrogens is 2. The highest BCUT2D eigenvalue weighted by Gasteiger charge is 2.36. The van der Waals surface area contributed by atoms with E-state index in [9.17, 15) is 13.2 Å². The molecular weight excluding hydrogens is 386 g/mol. The van der Waals surface area contributed by atoms with E-state index in [-0.39, 0.29) is 36.1 Å². The van der Waals surface area contributed by atoms with Crippen molar-refractivity contribution in [2.24, 2.45) is 12.0 Å². The SMILES string of the molecule is CCCNC(=NC)NCc1cn(C)nc1C(F)(F)F.I. The molecule has 0 saturated heterocycles. The first-order chi connectivity index (χ1) is 8.88. The van der Waals surface area contributed by atoms with Gasteiger partial charge in [0.15, 0.2) is 11.7 Å². The number of hydrogen-bond donors (Lipinski definition) is 2. The van der Waals surface area contributed by atoms with Gasteiger partial charge in [-0.15, -0.1) is 24.0 Å². The summed E-state index contributed by atoms with van der Waals surface area (Å²) in [5.41, 5.74) is -0.775. The van der Waals surface area contributed by atoms with Crippen LogP contribution in [-0.4, -0.2) is 29.3 Å². The topological polar surface area (TPSA) is 54.2 Å². The van der Waals surface area contributed by atoms with Crippen LogP contribution >= 0.6 is 24.0 Å². The summed E-state index contributed by atoms with van der Waals surface area (Å²) in [5, 5.41) is 9.26. The number of nitrogens with one attached hydrogen (secondary N) is 2. The molecule has 5 nitrogen and oxygen atoms in total. The molecule has 1 aromatic rings. The Kier molecular flexibility index (Phi) is 7.91. The van der Waals surface area contributed by atoms with E-state index in [4.69, 9.17) is 0 Å². The first-order valence-electron chi connectivity index (χ1n) is 5.92. The summed E-state index contributed by atoms with van der Waals surface area (Å²) in [6.45, 7) is 2.72. The molecule has 0 saturated carbocycles. The van der Waals surface area contributed by atoms with Crippen LogP contribution in [0, 0.1) is 0 Å². The second kappa shape index (κ2) is 8.32. The van der Waals surface area contributed by atoms with Crippen LogP contribution in [0.1, 0.15) is 24.6 Å². The van der Waals surface area contributed by atoms with Gasteiger partial charge in [0.2, 0.25) is 0 Å². The third-order valence-electron chi connectivity index (χ3n) is 2.39. The van der Waals surface area contributed by atoms with Crippen LogP contribution < -0.4 is 10.6 Å². The van der Waals surface area contributed by atoms with Crippen LogP contribution in [0.3, 0.4) is 0 Å². The van der Waals surface area contributed by atoms with E-state index in [1.807, 2.05) is 6.92 Å². The molecule has 2 N–H and O–H groups in total. The molecule has 0 fully saturated rings. The summed E-state index contributed by atoms with van der Waals surface area (Å²) in [5.74, 6) is 0.471. The Labute approximate surface area is 133 Å². The Morgan fingerprint density at radius 3 is 2.55 bits per heavy atom. The van der Waals surface area contributed by atoms with Gasteiger partial charge in [0, 0.05) is 38.9 Å². The normalized spacial score (nSPS) is 12.0. The van der Waals surface area contributed by atoms with Crippen LogP contribution in [-0.2, 0) is 19.8 Å². The lowest BCUT2D eigenvalue weighted by atomic mass is 10.2. The fraction of sp³-hybridized carbons (Fsp3) is 0.636. The van der Waals surface area contributed by atoms with Crippen molar-refractivity contribution >= 4 is 29.9 Å². The molecule has 0 aliphatic rings. The Bertz CT molecular complexity index is 442. The molecule has 9 heteroatoms. The van der Waals surface area contributed by atoms with Crippen LogP contribution in [0.5, 0.6) is 0 Å². The second-order valence-electron chi connectivity index (χ2n) is 4.03. The van der Waals surface area contributed by atoms with Gasteiger partial charge in [-0.25, -0.2) is 0 Å². The van der Waals surface area contributed by atoms with Gasteiger partial charge >= 0.3 is 6.18 Å². The fourth-order valence-corrected chi connectivity index (χ4v) is 1.55. The zero-order valence-corrected chi connectivity index (χ0v) is 13.9. The summed E-state index contributed by atoms with van der Waals surface area (Å²) >= 11 is 0. The van der Waals surface area contributed by atoms with Crippen LogP contribution in [0.2, 0.25) is 0 Å². The van der Waals surface area contributed by atoms with Crippen molar-refractivity contribution in [2.75, 3.05) is 13.6 Å². The minimum absolute atomic E-state index is 0. The monoisotopic (exact) mass is 405 g/mol. The van der Waals surface area contributed by atoms with Gasteiger partial charge in [-0.3, -0.25) is 9.67 Å². The lowest BCUT2D eigenvalue weighted by molar-refractivity contribution is -0.142. The smallest absolute Gasteiger partial charge is 0.356 e. The van der Waals surface area contributed by atoms with Crippen molar-refractivity contribution in [1.29, 1.82) is 0 Å². The largest absolute Gasteiger partial charge is 0.435 e. The predicted octanol–water partition coefficient (Wildman–Crippen LogP) is 2.13. The van der Waals surface area contributed by atoms with Crippen molar-refractivity contribution in [3.8, 4) is 0 Å². The summed E-state index contributed by atoms with van der Waals surface area (Å²) in [7, 11) is 3.03. The molecule has 0 atom stereocenters. The number of halogens is 4. The summed E-state index contributed by atoms with van der Waals surface area (Å²) in [6.07, 6.45) is -2.19.